The summed E-state index contributed by atoms with van der Waals surface area (Å²) >= 11 is 3.45. The Morgan fingerprint density at radius 3 is 1.58 bits per heavy atom. The van der Waals surface area contributed by atoms with Crippen molar-refractivity contribution in [2.24, 2.45) is 0 Å². The van der Waals surface area contributed by atoms with Gasteiger partial charge in [0.05, 0.1) is 0 Å². The van der Waals surface area contributed by atoms with Gasteiger partial charge in [0.2, 0.25) is 0 Å². The summed E-state index contributed by atoms with van der Waals surface area (Å²) in [6.07, 6.45) is 18.6. The average Bonchev–Trinajstić information content (AvgIpc) is 2.56. The molecule has 138 valence electrons. The minimum atomic E-state index is -0.0593. The second kappa shape index (κ2) is 13.6. The lowest BCUT2D eigenvalue weighted by Crippen LogP contribution is -1.89. The fraction of sp³-hybridized carbons (Fsp3) is 0.714. The van der Waals surface area contributed by atoms with Crippen molar-refractivity contribution in [1.82, 2.24) is 0 Å². The third-order valence-corrected chi connectivity index (χ3v) is 5.43. The highest BCUT2D eigenvalue weighted by molar-refractivity contribution is 9.10. The molecule has 0 heterocycles. The zero-order chi connectivity index (χ0) is 17.6. The molecule has 0 fully saturated rings. The molecule has 0 aromatic heterocycles. The SMILES string of the molecule is CCCCCCCCCCCCCCCc1cc(O)c(O)cc1Br. The van der Waals surface area contributed by atoms with Crippen LogP contribution in [0.25, 0.3) is 0 Å². The molecule has 1 aromatic rings. The normalized spacial score (nSPS) is 11.1. The molecule has 0 saturated heterocycles. The summed E-state index contributed by atoms with van der Waals surface area (Å²) < 4.78 is 0.886. The molecule has 0 atom stereocenters. The van der Waals surface area contributed by atoms with Crippen molar-refractivity contribution in [2.75, 3.05) is 0 Å². The fourth-order valence-corrected chi connectivity index (χ4v) is 3.65. The van der Waals surface area contributed by atoms with Crippen LogP contribution in [0.2, 0.25) is 0 Å². The van der Waals surface area contributed by atoms with Crippen molar-refractivity contribution >= 4 is 15.9 Å². The van der Waals surface area contributed by atoms with Crippen molar-refractivity contribution in [3.05, 3.63) is 22.2 Å². The van der Waals surface area contributed by atoms with E-state index in [1.807, 2.05) is 0 Å². The van der Waals surface area contributed by atoms with Crippen LogP contribution in [0.1, 0.15) is 96.0 Å². The Morgan fingerprint density at radius 2 is 1.08 bits per heavy atom. The standard InChI is InChI=1S/C21H35BrO2/c1-2-3-4-5-6-7-8-9-10-11-12-13-14-15-18-16-20(23)21(24)17-19(18)22/h16-17,23-24H,2-15H2,1H3. The Labute approximate surface area is 156 Å². The predicted octanol–water partition coefficient (Wildman–Crippen LogP) is 7.49. The highest BCUT2D eigenvalue weighted by Crippen LogP contribution is 2.32. The van der Waals surface area contributed by atoms with Crippen LogP contribution in [0.5, 0.6) is 11.5 Å². The van der Waals surface area contributed by atoms with E-state index in [-0.39, 0.29) is 11.5 Å². The first-order chi connectivity index (χ1) is 11.6. The molecule has 0 amide bonds. The van der Waals surface area contributed by atoms with Crippen LogP contribution in [0.3, 0.4) is 0 Å². The molecule has 3 heteroatoms. The Hall–Kier alpha value is -0.700. The molecule has 0 aliphatic carbocycles. The molecule has 0 aliphatic heterocycles. The first-order valence-electron chi connectivity index (χ1n) is 9.85. The molecular formula is C21H35BrO2. The summed E-state index contributed by atoms with van der Waals surface area (Å²) in [6.45, 7) is 2.27. The molecular weight excluding hydrogens is 364 g/mol. The second-order valence-corrected chi connectivity index (χ2v) is 7.78. The summed E-state index contributed by atoms with van der Waals surface area (Å²) in [4.78, 5) is 0. The minimum absolute atomic E-state index is 0.0251. The molecule has 24 heavy (non-hydrogen) atoms. The highest BCUT2D eigenvalue weighted by atomic mass is 79.9. The van der Waals surface area contributed by atoms with Crippen LogP contribution in [-0.2, 0) is 6.42 Å². The molecule has 0 bridgehead atoms. The number of aryl methyl sites for hydroxylation is 1. The van der Waals surface area contributed by atoms with Crippen molar-refractivity contribution in [2.45, 2.75) is 96.8 Å². The van der Waals surface area contributed by atoms with Gasteiger partial charge in [0.15, 0.2) is 11.5 Å². The van der Waals surface area contributed by atoms with E-state index in [4.69, 9.17) is 0 Å². The quantitative estimate of drug-likeness (QED) is 0.251. The molecule has 1 aromatic carbocycles. The smallest absolute Gasteiger partial charge is 0.158 e. The molecule has 0 aliphatic rings. The van der Waals surface area contributed by atoms with E-state index in [1.54, 1.807) is 12.1 Å². The van der Waals surface area contributed by atoms with Gasteiger partial charge in [-0.3, -0.25) is 0 Å². The van der Waals surface area contributed by atoms with Crippen molar-refractivity contribution in [3.8, 4) is 11.5 Å². The van der Waals surface area contributed by atoms with Gasteiger partial charge in [0.1, 0.15) is 0 Å². The maximum atomic E-state index is 9.56. The van der Waals surface area contributed by atoms with E-state index in [9.17, 15) is 10.2 Å². The van der Waals surface area contributed by atoms with Crippen LogP contribution in [-0.4, -0.2) is 10.2 Å². The molecule has 2 N–H and O–H groups in total. The zero-order valence-electron chi connectivity index (χ0n) is 15.3. The minimum Gasteiger partial charge on any atom is -0.504 e. The van der Waals surface area contributed by atoms with Gasteiger partial charge in [-0.1, -0.05) is 99.9 Å². The number of phenolic OH excluding ortho intramolecular Hbond substituents is 2. The van der Waals surface area contributed by atoms with Gasteiger partial charge in [-0.2, -0.15) is 0 Å². The first-order valence-corrected chi connectivity index (χ1v) is 10.6. The Kier molecular flexibility index (Phi) is 12.1. The number of hydrogen-bond donors (Lipinski definition) is 2. The number of phenols is 2. The molecule has 0 spiro atoms. The van der Waals surface area contributed by atoms with Gasteiger partial charge in [-0.15, -0.1) is 0 Å². The molecule has 1 rings (SSSR count). The molecule has 0 radical (unpaired) electrons. The summed E-state index contributed by atoms with van der Waals surface area (Å²) in [5.41, 5.74) is 1.08. The van der Waals surface area contributed by atoms with Gasteiger partial charge < -0.3 is 10.2 Å². The van der Waals surface area contributed by atoms with Crippen LogP contribution in [0.4, 0.5) is 0 Å². The molecule has 0 saturated carbocycles. The zero-order valence-corrected chi connectivity index (χ0v) is 16.9. The number of unbranched alkanes of at least 4 members (excludes halogenated alkanes) is 12. The van der Waals surface area contributed by atoms with Gasteiger partial charge in [0.25, 0.3) is 0 Å². The highest BCUT2D eigenvalue weighted by Gasteiger charge is 2.06. The van der Waals surface area contributed by atoms with Crippen molar-refractivity contribution in [3.63, 3.8) is 0 Å². The van der Waals surface area contributed by atoms with E-state index < -0.39 is 0 Å². The van der Waals surface area contributed by atoms with Crippen molar-refractivity contribution < 1.29 is 10.2 Å². The van der Waals surface area contributed by atoms with Gasteiger partial charge in [-0.05, 0) is 30.5 Å². The fourth-order valence-electron chi connectivity index (χ4n) is 3.12. The van der Waals surface area contributed by atoms with Crippen LogP contribution in [0.15, 0.2) is 16.6 Å². The maximum absolute atomic E-state index is 9.56. The number of hydrogen-bond acceptors (Lipinski definition) is 2. The van der Waals surface area contributed by atoms with E-state index in [0.29, 0.717) is 0 Å². The van der Waals surface area contributed by atoms with E-state index >= 15 is 0 Å². The van der Waals surface area contributed by atoms with Gasteiger partial charge in [-0.25, -0.2) is 0 Å². The lowest BCUT2D eigenvalue weighted by atomic mass is 10.0. The Morgan fingerprint density at radius 1 is 0.667 bits per heavy atom. The van der Waals surface area contributed by atoms with Gasteiger partial charge >= 0.3 is 0 Å². The maximum Gasteiger partial charge on any atom is 0.158 e. The Bertz CT molecular complexity index is 446. The van der Waals surface area contributed by atoms with Crippen LogP contribution in [0, 0.1) is 0 Å². The number of halogens is 1. The lowest BCUT2D eigenvalue weighted by Gasteiger charge is -2.07. The number of rotatable bonds is 14. The summed E-state index contributed by atoms with van der Waals surface area (Å²) in [5, 5.41) is 19.0. The van der Waals surface area contributed by atoms with Crippen LogP contribution < -0.4 is 0 Å². The number of aromatic hydroxyl groups is 2. The number of benzene rings is 1. The van der Waals surface area contributed by atoms with Crippen molar-refractivity contribution in [1.29, 1.82) is 0 Å². The van der Waals surface area contributed by atoms with E-state index in [1.165, 1.54) is 77.0 Å². The monoisotopic (exact) mass is 398 g/mol. The third kappa shape index (κ3) is 9.56. The molecule has 0 unspecified atom stereocenters. The van der Waals surface area contributed by atoms with Gasteiger partial charge in [0, 0.05) is 4.47 Å². The third-order valence-electron chi connectivity index (χ3n) is 4.69. The Balaban J connectivity index is 1.93. The lowest BCUT2D eigenvalue weighted by molar-refractivity contribution is 0.402. The van der Waals surface area contributed by atoms with E-state index in [2.05, 4.69) is 22.9 Å². The predicted molar refractivity (Wildman–Crippen MR) is 107 cm³/mol. The first kappa shape index (κ1) is 21.3. The van der Waals surface area contributed by atoms with E-state index in [0.717, 1.165) is 22.9 Å². The average molecular weight is 399 g/mol. The summed E-state index contributed by atoms with van der Waals surface area (Å²) in [7, 11) is 0. The molecule has 2 nitrogen and oxygen atoms in total. The summed E-state index contributed by atoms with van der Waals surface area (Å²) in [6, 6.07) is 3.24. The van der Waals surface area contributed by atoms with Crippen LogP contribution >= 0.6 is 15.9 Å². The second-order valence-electron chi connectivity index (χ2n) is 6.92. The summed E-state index contributed by atoms with van der Waals surface area (Å²) in [5.74, 6) is -0.0844. The largest absolute Gasteiger partial charge is 0.504 e. The topological polar surface area (TPSA) is 40.5 Å².